The highest BCUT2D eigenvalue weighted by Crippen LogP contribution is 2.31. The van der Waals surface area contributed by atoms with Gasteiger partial charge in [-0.25, -0.2) is 0 Å². The third-order valence-electron chi connectivity index (χ3n) is 5.26. The lowest BCUT2D eigenvalue weighted by Crippen LogP contribution is -2.40. The third-order valence-corrected chi connectivity index (χ3v) is 6.72. The Bertz CT molecular complexity index is 654. The van der Waals surface area contributed by atoms with Gasteiger partial charge in [0.25, 0.3) is 0 Å². The zero-order valence-electron chi connectivity index (χ0n) is 17.6. The Hall–Kier alpha value is -1.07. The van der Waals surface area contributed by atoms with Gasteiger partial charge in [-0.1, -0.05) is 71.4 Å². The number of ether oxygens (including phenoxy) is 1. The molecule has 1 N–H and O–H groups in total. The lowest BCUT2D eigenvalue weighted by molar-refractivity contribution is 0.153. The molecule has 1 aromatic rings. The van der Waals surface area contributed by atoms with E-state index in [-0.39, 0.29) is 6.42 Å². The highest BCUT2D eigenvalue weighted by molar-refractivity contribution is 7.87. The van der Waals surface area contributed by atoms with E-state index in [0.717, 1.165) is 31.2 Å². The van der Waals surface area contributed by atoms with Crippen LogP contribution in [0.3, 0.4) is 0 Å². The van der Waals surface area contributed by atoms with E-state index in [2.05, 4.69) is 19.9 Å². The molecule has 0 aliphatic rings. The molecule has 0 fully saturated rings. The lowest BCUT2D eigenvalue weighted by Gasteiger charge is -2.27. The highest BCUT2D eigenvalue weighted by atomic mass is 32.2. The quantitative estimate of drug-likeness (QED) is 0.294. The molecule has 1 aromatic carbocycles. The summed E-state index contributed by atoms with van der Waals surface area (Å²) in [6.45, 7) is 7.53. The first-order valence-corrected chi connectivity index (χ1v) is 12.0. The Balaban J connectivity index is 2.99. The van der Waals surface area contributed by atoms with E-state index in [1.54, 1.807) is 6.92 Å². The summed E-state index contributed by atoms with van der Waals surface area (Å²) in [6, 6.07) is 6.06. The smallest absolute Gasteiger partial charge is 0.306 e. The second-order valence-corrected chi connectivity index (χ2v) is 9.44. The van der Waals surface area contributed by atoms with Crippen LogP contribution in [-0.4, -0.2) is 17.9 Å². The molecule has 1 rings (SSSR count). The maximum atomic E-state index is 11.8. The molecule has 0 saturated heterocycles. The molecule has 1 atom stereocenters. The van der Waals surface area contributed by atoms with Gasteiger partial charge < -0.3 is 4.74 Å². The predicted molar refractivity (Wildman–Crippen MR) is 113 cm³/mol. The van der Waals surface area contributed by atoms with Crippen LogP contribution in [0, 0.1) is 0 Å². The van der Waals surface area contributed by atoms with E-state index in [1.165, 1.54) is 51.0 Å². The summed E-state index contributed by atoms with van der Waals surface area (Å²) < 4.78 is 39.1. The fourth-order valence-corrected chi connectivity index (χ4v) is 3.68. The largest absolute Gasteiger partial charge is 0.469 e. The zero-order chi connectivity index (χ0) is 20.3. The number of rotatable bonds is 14. The van der Waals surface area contributed by atoms with Crippen molar-refractivity contribution in [2.45, 2.75) is 103 Å². The van der Waals surface area contributed by atoms with Crippen LogP contribution >= 0.6 is 0 Å². The predicted octanol–water partition coefficient (Wildman–Crippen LogP) is 6.33. The molecule has 0 amide bonds. The van der Waals surface area contributed by atoms with Crippen LogP contribution in [0.1, 0.15) is 96.6 Å². The van der Waals surface area contributed by atoms with Gasteiger partial charge in [-0.15, -0.1) is 0 Å². The molecule has 0 radical (unpaired) electrons. The van der Waals surface area contributed by atoms with Crippen LogP contribution in [0.25, 0.3) is 0 Å². The second kappa shape index (κ2) is 11.7. The van der Waals surface area contributed by atoms with Crippen molar-refractivity contribution >= 4 is 10.1 Å². The first-order chi connectivity index (χ1) is 12.8. The van der Waals surface area contributed by atoms with E-state index in [9.17, 15) is 13.0 Å². The minimum Gasteiger partial charge on any atom is -0.469 e. The minimum absolute atomic E-state index is 0.180. The summed E-state index contributed by atoms with van der Waals surface area (Å²) in [5.74, 6) is 0.575. The van der Waals surface area contributed by atoms with Gasteiger partial charge in [0.2, 0.25) is 4.93 Å². The van der Waals surface area contributed by atoms with Crippen molar-refractivity contribution in [3.05, 3.63) is 29.3 Å². The van der Waals surface area contributed by atoms with Gasteiger partial charge in [0.1, 0.15) is 5.75 Å². The molecule has 0 spiro atoms. The number of aryl methyl sites for hydroxylation is 2. The molecule has 0 bridgehead atoms. The van der Waals surface area contributed by atoms with Crippen LogP contribution in [0.4, 0.5) is 0 Å². The highest BCUT2D eigenvalue weighted by Gasteiger charge is 2.39. The van der Waals surface area contributed by atoms with E-state index in [4.69, 9.17) is 4.74 Å². The van der Waals surface area contributed by atoms with Crippen molar-refractivity contribution in [1.29, 1.82) is 0 Å². The summed E-state index contributed by atoms with van der Waals surface area (Å²) in [4.78, 5) is -1.62. The zero-order valence-corrected chi connectivity index (χ0v) is 18.4. The average molecular weight is 399 g/mol. The van der Waals surface area contributed by atoms with Crippen molar-refractivity contribution in [2.24, 2.45) is 0 Å². The molecule has 1 unspecified atom stereocenters. The van der Waals surface area contributed by atoms with Crippen LogP contribution in [-0.2, 0) is 23.0 Å². The molecule has 0 aromatic heterocycles. The second-order valence-electron chi connectivity index (χ2n) is 7.63. The molecule has 5 heteroatoms. The van der Waals surface area contributed by atoms with Crippen LogP contribution in [0.15, 0.2) is 18.2 Å². The van der Waals surface area contributed by atoms with Crippen molar-refractivity contribution in [3.63, 3.8) is 0 Å². The molecule has 4 nitrogen and oxygen atoms in total. The number of unbranched alkanes of at least 4 members (excludes halogenated alkanes) is 6. The number of hydrogen-bond donors (Lipinski definition) is 1. The van der Waals surface area contributed by atoms with Crippen molar-refractivity contribution < 1.29 is 17.7 Å². The monoisotopic (exact) mass is 398 g/mol. The van der Waals surface area contributed by atoms with E-state index >= 15 is 0 Å². The van der Waals surface area contributed by atoms with Crippen molar-refractivity contribution in [3.8, 4) is 5.75 Å². The summed E-state index contributed by atoms with van der Waals surface area (Å²) in [6.07, 6.45) is 11.5. The maximum absolute atomic E-state index is 11.8. The first kappa shape index (κ1) is 24.0. The standard InChI is InChI=1S/C22H38O4S/c1-5-8-10-12-14-19-16-17-21(20(18-19)15-13-11-9-6-2)26-22(4,7-3)27(23,24)25/h16-18H,5-15H2,1-4H3,(H,23,24,25). The Kier molecular flexibility index (Phi) is 10.4. The van der Waals surface area contributed by atoms with Crippen molar-refractivity contribution in [1.82, 2.24) is 0 Å². The molecular weight excluding hydrogens is 360 g/mol. The molecule has 0 aliphatic heterocycles. The van der Waals surface area contributed by atoms with E-state index < -0.39 is 15.1 Å². The average Bonchev–Trinajstić information content (AvgIpc) is 2.63. The van der Waals surface area contributed by atoms with E-state index in [0.29, 0.717) is 5.75 Å². The van der Waals surface area contributed by atoms with Crippen LogP contribution in [0.2, 0.25) is 0 Å². The van der Waals surface area contributed by atoms with Crippen LogP contribution < -0.4 is 4.74 Å². The summed E-state index contributed by atoms with van der Waals surface area (Å²) in [5, 5.41) is 0. The van der Waals surface area contributed by atoms with Gasteiger partial charge >= 0.3 is 10.1 Å². The topological polar surface area (TPSA) is 63.6 Å². The normalized spacial score (nSPS) is 14.1. The van der Waals surface area contributed by atoms with Gasteiger partial charge in [0.15, 0.2) is 0 Å². The Morgan fingerprint density at radius 3 is 2.04 bits per heavy atom. The first-order valence-electron chi connectivity index (χ1n) is 10.5. The van der Waals surface area contributed by atoms with Gasteiger partial charge in [0, 0.05) is 6.42 Å². The van der Waals surface area contributed by atoms with Gasteiger partial charge in [-0.2, -0.15) is 8.42 Å². The van der Waals surface area contributed by atoms with Gasteiger partial charge in [-0.3, -0.25) is 4.55 Å². The molecule has 27 heavy (non-hydrogen) atoms. The fraction of sp³-hybridized carbons (Fsp3) is 0.727. The minimum atomic E-state index is -4.31. The van der Waals surface area contributed by atoms with Gasteiger partial charge in [-0.05, 0) is 49.8 Å². The SMILES string of the molecule is CCCCCCc1ccc(OC(C)(CC)S(=O)(=O)O)c(CCCCCC)c1. The molecule has 0 aliphatic carbocycles. The number of hydrogen-bond acceptors (Lipinski definition) is 3. The van der Waals surface area contributed by atoms with Gasteiger partial charge in [0.05, 0.1) is 0 Å². The summed E-state index contributed by atoms with van der Waals surface area (Å²) in [5.41, 5.74) is 2.32. The van der Waals surface area contributed by atoms with E-state index in [1.807, 2.05) is 12.1 Å². The van der Waals surface area contributed by atoms with Crippen LogP contribution in [0.5, 0.6) is 5.75 Å². The molecule has 0 saturated carbocycles. The number of benzene rings is 1. The summed E-state index contributed by atoms with van der Waals surface area (Å²) in [7, 11) is -4.31. The molecule has 0 heterocycles. The lowest BCUT2D eigenvalue weighted by atomic mass is 9.99. The molecular formula is C22H38O4S. The maximum Gasteiger partial charge on any atom is 0.306 e. The third kappa shape index (κ3) is 7.82. The Morgan fingerprint density at radius 1 is 0.926 bits per heavy atom. The molecule has 156 valence electrons. The summed E-state index contributed by atoms with van der Waals surface area (Å²) >= 11 is 0. The Labute approximate surface area is 166 Å². The fourth-order valence-electron chi connectivity index (χ4n) is 3.12. The van der Waals surface area contributed by atoms with Crippen molar-refractivity contribution in [2.75, 3.05) is 0 Å². The Morgan fingerprint density at radius 2 is 1.52 bits per heavy atom.